The third-order valence-electron chi connectivity index (χ3n) is 5.24. The van der Waals surface area contributed by atoms with Gasteiger partial charge in [0.05, 0.1) is 0 Å². The van der Waals surface area contributed by atoms with Crippen molar-refractivity contribution in [1.82, 2.24) is 15.1 Å². The Balaban J connectivity index is 0.000000350. The van der Waals surface area contributed by atoms with Gasteiger partial charge in [-0.2, -0.15) is 0 Å². The van der Waals surface area contributed by atoms with Crippen molar-refractivity contribution in [3.05, 3.63) is 24.3 Å². The van der Waals surface area contributed by atoms with Crippen LogP contribution in [0.5, 0.6) is 0 Å². The van der Waals surface area contributed by atoms with Gasteiger partial charge in [0.25, 0.3) is 23.6 Å². The summed E-state index contributed by atoms with van der Waals surface area (Å²) in [7, 11) is 0. The molecule has 0 atom stereocenters. The maximum absolute atomic E-state index is 11.4. The summed E-state index contributed by atoms with van der Waals surface area (Å²) in [4.78, 5) is 69.0. The van der Waals surface area contributed by atoms with Gasteiger partial charge in [0, 0.05) is 56.8 Å². The van der Waals surface area contributed by atoms with Crippen molar-refractivity contribution in [2.75, 3.05) is 19.6 Å². The monoisotopic (exact) mass is 476 g/mol. The minimum atomic E-state index is -0.315. The summed E-state index contributed by atoms with van der Waals surface area (Å²) in [6, 6.07) is 0. The van der Waals surface area contributed by atoms with Gasteiger partial charge in [-0.15, -0.1) is 0 Å². The summed E-state index contributed by atoms with van der Waals surface area (Å²) in [5.41, 5.74) is 4.97. The van der Waals surface area contributed by atoms with Crippen LogP contribution in [-0.4, -0.2) is 64.9 Å². The molecular weight excluding hydrogens is 440 g/mol. The number of amides is 6. The van der Waals surface area contributed by atoms with Crippen molar-refractivity contribution in [3.8, 4) is 0 Å². The minimum absolute atomic E-state index is 0.0865. The predicted octanol–water partition coefficient (Wildman–Crippen LogP) is 1.35. The van der Waals surface area contributed by atoms with E-state index in [4.69, 9.17) is 5.73 Å². The number of carbonyl (C=O) groups is 6. The molecule has 3 N–H and O–H groups in total. The molecular formula is C24H36N4O6. The minimum Gasteiger partial charge on any atom is -0.370 e. The zero-order chi connectivity index (χ0) is 25.3. The highest BCUT2D eigenvalue weighted by atomic mass is 16.2. The summed E-state index contributed by atoms with van der Waals surface area (Å²) in [6.07, 6.45) is 12.7. The molecule has 34 heavy (non-hydrogen) atoms. The number of carbonyl (C=O) groups excluding carboxylic acids is 6. The molecule has 0 spiro atoms. The van der Waals surface area contributed by atoms with Crippen LogP contribution in [0, 0.1) is 0 Å². The lowest BCUT2D eigenvalue weighted by Gasteiger charge is -2.13. The van der Waals surface area contributed by atoms with Crippen LogP contribution in [0.2, 0.25) is 0 Å². The summed E-state index contributed by atoms with van der Waals surface area (Å²) >= 11 is 0. The normalized spacial score (nSPS) is 14.6. The van der Waals surface area contributed by atoms with E-state index < -0.39 is 0 Å². The smallest absolute Gasteiger partial charge is 0.253 e. The number of rotatable bonds is 15. The Bertz CT molecular complexity index is 769. The SMILES string of the molecule is CCCCNC(=O)CCCCCN1C(=O)C=CC1=O.NC(=O)CCCCCN1C(=O)C=CC1=O. The Morgan fingerprint density at radius 3 is 1.56 bits per heavy atom. The maximum atomic E-state index is 11.4. The van der Waals surface area contributed by atoms with E-state index in [1.54, 1.807) is 0 Å². The second-order valence-electron chi connectivity index (χ2n) is 8.11. The van der Waals surface area contributed by atoms with Crippen LogP contribution in [0.3, 0.4) is 0 Å². The topological polar surface area (TPSA) is 147 Å². The third kappa shape index (κ3) is 11.5. The fraction of sp³-hybridized carbons (Fsp3) is 0.583. The number of unbranched alkanes of at least 4 members (excludes halogenated alkanes) is 5. The first-order chi connectivity index (χ1) is 16.3. The van der Waals surface area contributed by atoms with Crippen LogP contribution in [-0.2, 0) is 28.8 Å². The first-order valence-corrected chi connectivity index (χ1v) is 11.9. The van der Waals surface area contributed by atoms with Gasteiger partial charge in [0.1, 0.15) is 0 Å². The van der Waals surface area contributed by atoms with Crippen molar-refractivity contribution in [3.63, 3.8) is 0 Å². The lowest BCUT2D eigenvalue weighted by atomic mass is 10.2. The zero-order valence-electron chi connectivity index (χ0n) is 19.9. The van der Waals surface area contributed by atoms with Gasteiger partial charge < -0.3 is 11.1 Å². The summed E-state index contributed by atoms with van der Waals surface area (Å²) in [5, 5.41) is 2.86. The van der Waals surface area contributed by atoms with Crippen molar-refractivity contribution in [2.24, 2.45) is 5.73 Å². The van der Waals surface area contributed by atoms with Crippen LogP contribution in [0.15, 0.2) is 24.3 Å². The average molecular weight is 477 g/mol. The molecule has 0 bridgehead atoms. The first-order valence-electron chi connectivity index (χ1n) is 11.9. The van der Waals surface area contributed by atoms with Crippen molar-refractivity contribution in [2.45, 2.75) is 71.1 Å². The van der Waals surface area contributed by atoms with E-state index in [0.717, 1.165) is 45.1 Å². The quantitative estimate of drug-likeness (QED) is 0.269. The molecule has 188 valence electrons. The van der Waals surface area contributed by atoms with Gasteiger partial charge in [-0.25, -0.2) is 0 Å². The number of nitrogens with one attached hydrogen (secondary N) is 1. The van der Waals surface area contributed by atoms with Gasteiger partial charge in [-0.1, -0.05) is 26.2 Å². The molecule has 2 rings (SSSR count). The molecule has 0 unspecified atom stereocenters. The second kappa shape index (κ2) is 16.3. The molecule has 0 aromatic carbocycles. The Morgan fingerprint density at radius 1 is 0.706 bits per heavy atom. The van der Waals surface area contributed by atoms with E-state index in [0.29, 0.717) is 38.8 Å². The highest BCUT2D eigenvalue weighted by Gasteiger charge is 2.22. The number of primary amides is 1. The number of imide groups is 2. The van der Waals surface area contributed by atoms with E-state index in [1.807, 2.05) is 0 Å². The Labute approximate surface area is 200 Å². The fourth-order valence-corrected chi connectivity index (χ4v) is 3.27. The van der Waals surface area contributed by atoms with E-state index in [2.05, 4.69) is 12.2 Å². The number of nitrogens with zero attached hydrogens (tertiary/aromatic N) is 2. The Kier molecular flexibility index (Phi) is 13.8. The lowest BCUT2D eigenvalue weighted by molar-refractivity contribution is -0.138. The number of nitrogens with two attached hydrogens (primary N) is 1. The maximum Gasteiger partial charge on any atom is 0.253 e. The predicted molar refractivity (Wildman–Crippen MR) is 126 cm³/mol. The highest BCUT2D eigenvalue weighted by molar-refractivity contribution is 6.13. The van der Waals surface area contributed by atoms with Crippen LogP contribution < -0.4 is 11.1 Å². The Hall–Kier alpha value is -3.30. The van der Waals surface area contributed by atoms with Gasteiger partial charge in [0.2, 0.25) is 11.8 Å². The molecule has 0 saturated carbocycles. The highest BCUT2D eigenvalue weighted by Crippen LogP contribution is 2.08. The summed E-state index contributed by atoms with van der Waals surface area (Å²) in [6.45, 7) is 3.70. The fourth-order valence-electron chi connectivity index (χ4n) is 3.27. The largest absolute Gasteiger partial charge is 0.370 e. The summed E-state index contributed by atoms with van der Waals surface area (Å²) < 4.78 is 0. The van der Waals surface area contributed by atoms with Crippen LogP contribution >= 0.6 is 0 Å². The molecule has 6 amide bonds. The number of hydrogen-bond acceptors (Lipinski definition) is 6. The van der Waals surface area contributed by atoms with Crippen LogP contribution in [0.4, 0.5) is 0 Å². The third-order valence-corrected chi connectivity index (χ3v) is 5.24. The molecule has 0 aliphatic carbocycles. The van der Waals surface area contributed by atoms with E-state index in [-0.39, 0.29) is 35.4 Å². The second-order valence-corrected chi connectivity index (χ2v) is 8.11. The molecule has 0 saturated heterocycles. The van der Waals surface area contributed by atoms with Crippen LogP contribution in [0.1, 0.15) is 71.1 Å². The van der Waals surface area contributed by atoms with Crippen molar-refractivity contribution >= 4 is 35.4 Å². The summed E-state index contributed by atoms with van der Waals surface area (Å²) in [5.74, 6) is -1.21. The molecule has 10 heteroatoms. The lowest BCUT2D eigenvalue weighted by Crippen LogP contribution is -2.30. The van der Waals surface area contributed by atoms with Crippen molar-refractivity contribution < 1.29 is 28.8 Å². The standard InChI is InChI=1S/C14H22N2O3.C10H14N2O3/c1-2-3-10-15-12(17)7-5-4-6-11-16-13(18)8-9-14(16)19;11-8(13)4-2-1-3-7-12-9(14)5-6-10(12)15/h8-9H,2-7,10-11H2,1H3,(H,15,17);5-6H,1-4,7H2,(H2,11,13). The van der Waals surface area contributed by atoms with E-state index in [9.17, 15) is 28.8 Å². The van der Waals surface area contributed by atoms with E-state index >= 15 is 0 Å². The molecule has 2 aliphatic rings. The molecule has 2 aliphatic heterocycles. The van der Waals surface area contributed by atoms with Gasteiger partial charge >= 0.3 is 0 Å². The first kappa shape index (κ1) is 28.7. The number of hydrogen-bond donors (Lipinski definition) is 2. The Morgan fingerprint density at radius 2 is 1.15 bits per heavy atom. The molecule has 0 aromatic heterocycles. The average Bonchev–Trinajstić information content (AvgIpc) is 3.28. The van der Waals surface area contributed by atoms with Crippen molar-refractivity contribution in [1.29, 1.82) is 0 Å². The van der Waals surface area contributed by atoms with Gasteiger partial charge in [0.15, 0.2) is 0 Å². The van der Waals surface area contributed by atoms with Crippen LogP contribution in [0.25, 0.3) is 0 Å². The van der Waals surface area contributed by atoms with E-state index in [1.165, 1.54) is 34.1 Å². The van der Waals surface area contributed by atoms with Gasteiger partial charge in [-0.05, 0) is 32.1 Å². The molecule has 0 fully saturated rings. The zero-order valence-corrected chi connectivity index (χ0v) is 19.9. The van der Waals surface area contributed by atoms with Gasteiger partial charge in [-0.3, -0.25) is 38.6 Å². The molecule has 0 aromatic rings. The molecule has 2 heterocycles. The molecule has 10 nitrogen and oxygen atoms in total. The molecule has 0 radical (unpaired) electrons.